The number of fused-ring (bicyclic) bond motifs is 1. The molecule has 0 radical (unpaired) electrons. The normalized spacial score (nSPS) is 18.3. The second-order valence-corrected chi connectivity index (χ2v) is 10.0. The van der Waals surface area contributed by atoms with Crippen LogP contribution in [0.1, 0.15) is 25.1 Å². The predicted molar refractivity (Wildman–Crippen MR) is 113 cm³/mol. The van der Waals surface area contributed by atoms with Gasteiger partial charge in [-0.1, -0.05) is 0 Å². The van der Waals surface area contributed by atoms with E-state index in [0.717, 1.165) is 26.2 Å². The van der Waals surface area contributed by atoms with Crippen LogP contribution in [0.2, 0.25) is 0 Å². The van der Waals surface area contributed by atoms with Crippen molar-refractivity contribution in [3.8, 4) is 0 Å². The van der Waals surface area contributed by atoms with Gasteiger partial charge in [-0.2, -0.15) is 18.2 Å². The van der Waals surface area contributed by atoms with Crippen LogP contribution in [0.5, 0.6) is 0 Å². The van der Waals surface area contributed by atoms with Crippen molar-refractivity contribution in [3.63, 3.8) is 0 Å². The van der Waals surface area contributed by atoms with E-state index >= 15 is 0 Å². The van der Waals surface area contributed by atoms with Gasteiger partial charge in [-0.3, -0.25) is 4.90 Å². The monoisotopic (exact) mass is 465 g/mol. The molecule has 2 aliphatic rings. The number of anilines is 2. The molecule has 31 heavy (non-hydrogen) atoms. The molecule has 0 amide bonds. The van der Waals surface area contributed by atoms with Crippen LogP contribution in [0.25, 0.3) is 0 Å². The summed E-state index contributed by atoms with van der Waals surface area (Å²) >= 11 is 0. The minimum absolute atomic E-state index is 0.0655. The first-order valence-corrected chi connectivity index (χ1v) is 12.1. The van der Waals surface area contributed by atoms with Crippen LogP contribution < -0.4 is 20.3 Å². The minimum atomic E-state index is -4.29. The average Bonchev–Trinajstić information content (AvgIpc) is 2.66. The van der Waals surface area contributed by atoms with E-state index in [4.69, 9.17) is 0 Å². The van der Waals surface area contributed by atoms with Crippen molar-refractivity contribution in [2.24, 2.45) is 0 Å². The fourth-order valence-corrected chi connectivity index (χ4v) is 4.93. The summed E-state index contributed by atoms with van der Waals surface area (Å²) in [5.74, 6) is 0.763. The molecule has 0 atom stereocenters. The average molecular weight is 466 g/mol. The predicted octanol–water partition coefficient (Wildman–Crippen LogP) is 0.546. The number of sulfonamides is 1. The lowest BCUT2D eigenvalue weighted by Crippen LogP contribution is -2.45. The first-order valence-electron chi connectivity index (χ1n) is 10.4. The summed E-state index contributed by atoms with van der Waals surface area (Å²) in [5.41, 5.74) is 1.32. The standard InChI is InChI=1S/C18H30F3N7O2S/c1-13(2)26-31(29,30)10-6-23-16-14-11-27(12-18(19,20)21)7-3-15(14)24-17(25-16)28-8-4-22-5-9-28/h13,22,26H,3-12H2,1-2H3,(H,23,24,25). The maximum Gasteiger partial charge on any atom is 0.401 e. The molecule has 3 N–H and O–H groups in total. The highest BCUT2D eigenvalue weighted by atomic mass is 32.2. The summed E-state index contributed by atoms with van der Waals surface area (Å²) in [6.45, 7) is 5.93. The highest BCUT2D eigenvalue weighted by Crippen LogP contribution is 2.28. The lowest BCUT2D eigenvalue weighted by molar-refractivity contribution is -0.147. The lowest BCUT2D eigenvalue weighted by atomic mass is 10.1. The van der Waals surface area contributed by atoms with Gasteiger partial charge in [0.2, 0.25) is 16.0 Å². The number of hydrogen-bond donors (Lipinski definition) is 3. The van der Waals surface area contributed by atoms with Crippen molar-refractivity contribution in [2.45, 2.75) is 39.0 Å². The molecule has 1 aromatic heterocycles. The first kappa shape index (κ1) is 24.0. The summed E-state index contributed by atoms with van der Waals surface area (Å²) in [5, 5.41) is 6.30. The number of nitrogens with zero attached hydrogens (tertiary/aromatic N) is 4. The van der Waals surface area contributed by atoms with Crippen LogP contribution in [0, 0.1) is 0 Å². The Morgan fingerprint density at radius 2 is 1.87 bits per heavy atom. The number of alkyl halides is 3. The summed E-state index contributed by atoms with van der Waals surface area (Å²) in [4.78, 5) is 12.6. The second kappa shape index (κ2) is 9.84. The van der Waals surface area contributed by atoms with E-state index in [1.54, 1.807) is 13.8 Å². The molecule has 1 saturated heterocycles. The summed E-state index contributed by atoms with van der Waals surface area (Å²) in [6.07, 6.45) is -3.90. The third-order valence-corrected chi connectivity index (χ3v) is 6.58. The van der Waals surface area contributed by atoms with Gasteiger partial charge in [0, 0.05) is 63.8 Å². The van der Waals surface area contributed by atoms with E-state index in [1.165, 1.54) is 4.90 Å². The summed E-state index contributed by atoms with van der Waals surface area (Å²) in [6, 6.07) is -0.216. The van der Waals surface area contributed by atoms with Crippen molar-refractivity contribution < 1.29 is 21.6 Å². The molecule has 1 aromatic rings. The van der Waals surface area contributed by atoms with Crippen LogP contribution >= 0.6 is 0 Å². The molecule has 0 aromatic carbocycles. The maximum atomic E-state index is 12.9. The number of hydrogen-bond acceptors (Lipinski definition) is 8. The first-order chi connectivity index (χ1) is 14.5. The molecule has 1 fully saturated rings. The van der Waals surface area contributed by atoms with Crippen LogP contribution in [-0.2, 0) is 23.0 Å². The summed E-state index contributed by atoms with van der Waals surface area (Å²) < 4.78 is 65.4. The minimum Gasteiger partial charge on any atom is -0.369 e. The Morgan fingerprint density at radius 1 is 1.16 bits per heavy atom. The van der Waals surface area contributed by atoms with Gasteiger partial charge in [0.25, 0.3) is 0 Å². The van der Waals surface area contributed by atoms with E-state index in [0.29, 0.717) is 29.4 Å². The quantitative estimate of drug-likeness (QED) is 0.512. The van der Waals surface area contributed by atoms with Crippen molar-refractivity contribution >= 4 is 21.8 Å². The zero-order valence-corrected chi connectivity index (χ0v) is 18.6. The summed E-state index contributed by atoms with van der Waals surface area (Å²) in [7, 11) is -3.47. The molecule has 9 nitrogen and oxygen atoms in total. The highest BCUT2D eigenvalue weighted by Gasteiger charge is 2.33. The van der Waals surface area contributed by atoms with Crippen molar-refractivity contribution in [1.29, 1.82) is 0 Å². The molecule has 0 spiro atoms. The van der Waals surface area contributed by atoms with E-state index in [-0.39, 0.29) is 31.4 Å². The Bertz CT molecular complexity index is 858. The van der Waals surface area contributed by atoms with Crippen molar-refractivity contribution in [2.75, 3.05) is 61.8 Å². The van der Waals surface area contributed by atoms with Gasteiger partial charge in [-0.25, -0.2) is 18.1 Å². The second-order valence-electron chi connectivity index (χ2n) is 8.13. The van der Waals surface area contributed by atoms with Gasteiger partial charge in [-0.05, 0) is 13.8 Å². The van der Waals surface area contributed by atoms with E-state index in [1.807, 2.05) is 4.90 Å². The van der Waals surface area contributed by atoms with Crippen molar-refractivity contribution in [3.05, 3.63) is 11.3 Å². The fourth-order valence-electron chi connectivity index (χ4n) is 3.72. The van der Waals surface area contributed by atoms with E-state index in [2.05, 4.69) is 25.3 Å². The van der Waals surface area contributed by atoms with E-state index in [9.17, 15) is 21.6 Å². The molecular formula is C18H30F3N7O2S. The van der Waals surface area contributed by atoms with Gasteiger partial charge >= 0.3 is 6.18 Å². The molecule has 0 unspecified atom stereocenters. The number of aromatic nitrogens is 2. The lowest BCUT2D eigenvalue weighted by Gasteiger charge is -2.32. The van der Waals surface area contributed by atoms with Crippen molar-refractivity contribution in [1.82, 2.24) is 24.9 Å². The Labute approximate surface area is 180 Å². The molecule has 3 heterocycles. The zero-order chi connectivity index (χ0) is 22.6. The van der Waals surface area contributed by atoms with Gasteiger partial charge in [0.05, 0.1) is 18.0 Å². The number of piperazine rings is 1. The molecule has 3 rings (SSSR count). The Balaban J connectivity index is 1.80. The van der Waals surface area contributed by atoms with Gasteiger partial charge < -0.3 is 15.5 Å². The third kappa shape index (κ3) is 7.16. The van der Waals surface area contributed by atoms with Gasteiger partial charge in [-0.15, -0.1) is 0 Å². The highest BCUT2D eigenvalue weighted by molar-refractivity contribution is 7.89. The molecule has 0 bridgehead atoms. The fraction of sp³-hybridized carbons (Fsp3) is 0.778. The Morgan fingerprint density at radius 3 is 2.52 bits per heavy atom. The molecular weight excluding hydrogens is 435 g/mol. The number of nitrogens with one attached hydrogen (secondary N) is 3. The molecule has 2 aliphatic heterocycles. The van der Waals surface area contributed by atoms with Gasteiger partial charge in [0.15, 0.2) is 0 Å². The van der Waals surface area contributed by atoms with E-state index < -0.39 is 22.7 Å². The third-order valence-electron chi connectivity index (χ3n) is 5.01. The number of halogens is 3. The van der Waals surface area contributed by atoms with Crippen LogP contribution in [0.15, 0.2) is 0 Å². The van der Waals surface area contributed by atoms with Gasteiger partial charge in [0.1, 0.15) is 5.82 Å². The van der Waals surface area contributed by atoms with Crippen LogP contribution in [0.4, 0.5) is 24.9 Å². The SMILES string of the molecule is CC(C)NS(=O)(=O)CCNc1nc(N2CCNCC2)nc2c1CN(CC(F)(F)F)CC2. The largest absolute Gasteiger partial charge is 0.401 e. The molecule has 0 saturated carbocycles. The van der Waals surface area contributed by atoms with Crippen LogP contribution in [0.3, 0.4) is 0 Å². The smallest absolute Gasteiger partial charge is 0.369 e. The number of rotatable bonds is 8. The maximum absolute atomic E-state index is 12.9. The van der Waals surface area contributed by atoms with Crippen LogP contribution in [-0.4, -0.2) is 87.1 Å². The molecule has 0 aliphatic carbocycles. The Hall–Kier alpha value is -1.70. The topological polar surface area (TPSA) is 102 Å². The Kier molecular flexibility index (Phi) is 7.60. The zero-order valence-electron chi connectivity index (χ0n) is 17.8. The molecule has 13 heteroatoms. The molecule has 176 valence electrons.